The van der Waals surface area contributed by atoms with Gasteiger partial charge >= 0.3 is 0 Å². The Labute approximate surface area is 59.4 Å². The molecule has 56 valence electrons. The van der Waals surface area contributed by atoms with Crippen molar-refractivity contribution in [3.05, 3.63) is 0 Å². The maximum atomic E-state index is 5.11. The van der Waals surface area contributed by atoms with E-state index in [9.17, 15) is 0 Å². The van der Waals surface area contributed by atoms with E-state index in [1.54, 1.807) is 14.2 Å². The monoisotopic (exact) mass is 149 g/mol. The first-order valence-electron chi connectivity index (χ1n) is 2.84. The van der Waals surface area contributed by atoms with Gasteiger partial charge in [-0.2, -0.15) is 0 Å². The summed E-state index contributed by atoms with van der Waals surface area (Å²) in [6.45, 7) is 0. The molecule has 0 spiro atoms. The number of methoxy groups -OCH3 is 2. The van der Waals surface area contributed by atoms with Gasteiger partial charge < -0.3 is 9.47 Å². The number of hydrogen-bond donors (Lipinski definition) is 0. The van der Waals surface area contributed by atoms with E-state index in [1.807, 2.05) is 19.0 Å². The minimum Gasteiger partial charge on any atom is -0.345 e. The minimum absolute atomic E-state index is 0.444. The van der Waals surface area contributed by atoms with Crippen LogP contribution in [-0.4, -0.2) is 49.0 Å². The van der Waals surface area contributed by atoms with Crippen LogP contribution in [0.25, 0.3) is 0 Å². The third-order valence-corrected chi connectivity index (χ3v) is 3.28. The first kappa shape index (κ1) is 9.10. The van der Waals surface area contributed by atoms with E-state index in [0.29, 0.717) is 0 Å². The molecule has 0 amide bonds. The highest BCUT2D eigenvalue weighted by atomic mass is 28.1. The molecular weight excluding hydrogens is 134 g/mol. The molecule has 0 fully saturated rings. The molecule has 0 aliphatic rings. The first-order valence-corrected chi connectivity index (χ1v) is 3.84. The molecule has 0 N–H and O–H groups in total. The van der Waals surface area contributed by atoms with E-state index in [-0.39, 0.29) is 0 Å². The van der Waals surface area contributed by atoms with E-state index in [2.05, 4.69) is 0 Å². The summed E-state index contributed by atoms with van der Waals surface area (Å²) in [5.41, 5.74) is -0.444. The van der Waals surface area contributed by atoms with Crippen LogP contribution in [0.4, 0.5) is 0 Å². The lowest BCUT2D eigenvalue weighted by atomic mass is 10.8. The fourth-order valence-corrected chi connectivity index (χ4v) is 0.448. The summed E-state index contributed by atoms with van der Waals surface area (Å²) in [7, 11) is 8.00. The average molecular weight is 149 g/mol. The number of nitrogens with zero attached hydrogens (tertiary/aromatic N) is 1. The van der Waals surface area contributed by atoms with Crippen LogP contribution in [0.5, 0.6) is 0 Å². The zero-order chi connectivity index (χ0) is 7.49. The molecule has 3 nitrogen and oxygen atoms in total. The van der Waals surface area contributed by atoms with Crippen LogP contribution >= 0.6 is 0 Å². The van der Waals surface area contributed by atoms with Gasteiger partial charge in [0.1, 0.15) is 0 Å². The molecule has 4 heteroatoms. The molecule has 0 bridgehead atoms. The Morgan fingerprint density at radius 1 is 1.22 bits per heavy atom. The Bertz CT molecular complexity index is 83.0. The highest BCUT2D eigenvalue weighted by Crippen LogP contribution is 2.06. The van der Waals surface area contributed by atoms with E-state index in [0.717, 1.165) is 10.2 Å². The molecule has 0 aliphatic heterocycles. The maximum Gasteiger partial charge on any atom is 0.195 e. The van der Waals surface area contributed by atoms with Gasteiger partial charge in [-0.1, -0.05) is 0 Å². The van der Waals surface area contributed by atoms with Gasteiger partial charge in [0.15, 0.2) is 5.53 Å². The Morgan fingerprint density at radius 2 is 1.56 bits per heavy atom. The number of hydrogen-bond acceptors (Lipinski definition) is 3. The molecule has 0 atom stereocenters. The summed E-state index contributed by atoms with van der Waals surface area (Å²) in [5.74, 6) is 0. The third-order valence-electron chi connectivity index (χ3n) is 1.57. The average Bonchev–Trinajstić information content (AvgIpc) is 1.86. The molecule has 0 saturated carbocycles. The van der Waals surface area contributed by atoms with Gasteiger partial charge in [-0.15, -0.1) is 0 Å². The van der Waals surface area contributed by atoms with Crippen LogP contribution in [-0.2, 0) is 9.47 Å². The lowest BCUT2D eigenvalue weighted by Gasteiger charge is -2.33. The highest BCUT2D eigenvalue weighted by molar-refractivity contribution is 6.13. The van der Waals surface area contributed by atoms with Crippen molar-refractivity contribution in [1.82, 2.24) is 4.90 Å². The zero-order valence-corrected chi connectivity index (χ0v) is 8.76. The zero-order valence-electron chi connectivity index (χ0n) is 6.76. The Hall–Kier alpha value is 0.0969. The first-order chi connectivity index (χ1) is 4.06. The van der Waals surface area contributed by atoms with Gasteiger partial charge in [0.2, 0.25) is 0 Å². The van der Waals surface area contributed by atoms with Crippen molar-refractivity contribution in [3.63, 3.8) is 0 Å². The molecule has 0 aliphatic carbocycles. The number of ether oxygens (including phenoxy) is 2. The van der Waals surface area contributed by atoms with Gasteiger partial charge in [0.25, 0.3) is 0 Å². The maximum absolute atomic E-state index is 5.11. The van der Waals surface area contributed by atoms with Crippen LogP contribution in [0.1, 0.15) is 0 Å². The van der Waals surface area contributed by atoms with Gasteiger partial charge in [0.05, 0.1) is 10.2 Å². The predicted molar refractivity (Wildman–Crippen MR) is 40.4 cm³/mol. The van der Waals surface area contributed by atoms with Crippen molar-refractivity contribution in [2.75, 3.05) is 28.3 Å². The molecule has 0 unspecified atom stereocenters. The van der Waals surface area contributed by atoms with Crippen molar-refractivity contribution in [2.45, 2.75) is 5.53 Å². The molecule has 0 rings (SSSR count). The molecule has 0 heterocycles. The van der Waals surface area contributed by atoms with E-state index < -0.39 is 5.53 Å². The van der Waals surface area contributed by atoms with E-state index in [1.165, 1.54) is 0 Å². The lowest BCUT2D eigenvalue weighted by molar-refractivity contribution is -0.219. The topological polar surface area (TPSA) is 21.7 Å². The molecular formula is C5H15NO2Si. The SMILES string of the molecule is COC([SiH3])(OC)N(C)C. The minimum atomic E-state index is -0.444. The van der Waals surface area contributed by atoms with Crippen molar-refractivity contribution >= 4 is 10.2 Å². The second kappa shape index (κ2) is 3.31. The van der Waals surface area contributed by atoms with E-state index in [4.69, 9.17) is 9.47 Å². The quantitative estimate of drug-likeness (QED) is 0.372. The predicted octanol–water partition coefficient (Wildman–Crippen LogP) is -1.18. The van der Waals surface area contributed by atoms with Gasteiger partial charge in [0, 0.05) is 14.2 Å². The highest BCUT2D eigenvalue weighted by Gasteiger charge is 2.24. The van der Waals surface area contributed by atoms with Gasteiger partial charge in [-0.3, -0.25) is 4.90 Å². The van der Waals surface area contributed by atoms with Crippen molar-refractivity contribution in [1.29, 1.82) is 0 Å². The van der Waals surface area contributed by atoms with Crippen LogP contribution in [0.3, 0.4) is 0 Å². The molecule has 9 heavy (non-hydrogen) atoms. The third kappa shape index (κ3) is 2.06. The summed E-state index contributed by atoms with van der Waals surface area (Å²) in [5, 5.41) is 0. The molecule has 0 aromatic heterocycles. The number of rotatable bonds is 3. The molecule has 0 saturated heterocycles. The summed E-state index contributed by atoms with van der Waals surface area (Å²) in [6.07, 6.45) is 0. The normalized spacial score (nSPS) is 13.0. The Balaban J connectivity index is 3.92. The van der Waals surface area contributed by atoms with Crippen molar-refractivity contribution < 1.29 is 9.47 Å². The summed E-state index contributed by atoms with van der Waals surface area (Å²) >= 11 is 0. The largest absolute Gasteiger partial charge is 0.345 e. The van der Waals surface area contributed by atoms with Crippen LogP contribution in [0.2, 0.25) is 0 Å². The smallest absolute Gasteiger partial charge is 0.195 e. The molecule has 0 radical (unpaired) electrons. The lowest BCUT2D eigenvalue weighted by Crippen LogP contribution is -2.48. The van der Waals surface area contributed by atoms with Gasteiger partial charge in [-0.25, -0.2) is 0 Å². The van der Waals surface area contributed by atoms with Crippen molar-refractivity contribution in [3.8, 4) is 0 Å². The van der Waals surface area contributed by atoms with Gasteiger partial charge in [-0.05, 0) is 14.1 Å². The summed E-state index contributed by atoms with van der Waals surface area (Å²) in [6, 6.07) is 0. The van der Waals surface area contributed by atoms with E-state index >= 15 is 0 Å². The fourth-order valence-electron chi connectivity index (χ4n) is 0.448. The van der Waals surface area contributed by atoms with Crippen LogP contribution in [0, 0.1) is 0 Å². The van der Waals surface area contributed by atoms with Crippen LogP contribution < -0.4 is 0 Å². The van der Waals surface area contributed by atoms with Crippen molar-refractivity contribution in [2.24, 2.45) is 0 Å². The fraction of sp³-hybridized carbons (Fsp3) is 1.00. The second-order valence-electron chi connectivity index (χ2n) is 2.20. The standard InChI is InChI=1S/C5H15NO2Si/c1-6(2)5(9,7-3)8-4/h1-4,9H3. The van der Waals surface area contributed by atoms with Crippen LogP contribution in [0.15, 0.2) is 0 Å². The Kier molecular flexibility index (Phi) is 3.35. The summed E-state index contributed by atoms with van der Waals surface area (Å²) < 4.78 is 10.2. The molecule has 0 aromatic rings. The Morgan fingerprint density at radius 3 is 1.56 bits per heavy atom. The second-order valence-corrected chi connectivity index (χ2v) is 3.46. The summed E-state index contributed by atoms with van der Waals surface area (Å²) in [4.78, 5) is 1.92. The molecule has 0 aromatic carbocycles.